The molecule has 1 heterocycles. The van der Waals surface area contributed by atoms with Crippen LogP contribution in [-0.2, 0) is 9.59 Å². The summed E-state index contributed by atoms with van der Waals surface area (Å²) in [7, 11) is 0. The van der Waals surface area contributed by atoms with Gasteiger partial charge in [0.05, 0.1) is 0 Å². The van der Waals surface area contributed by atoms with E-state index in [1.54, 1.807) is 0 Å². The number of rotatable bonds is 9. The van der Waals surface area contributed by atoms with Gasteiger partial charge < -0.3 is 5.11 Å². The molecular formula is C20H30O3S. The first kappa shape index (κ1) is 19.3. The van der Waals surface area contributed by atoms with Gasteiger partial charge >= 0.3 is 5.97 Å². The second-order valence-electron chi connectivity index (χ2n) is 7.05. The van der Waals surface area contributed by atoms with Gasteiger partial charge in [-0.2, -0.15) is 11.8 Å². The molecule has 0 spiro atoms. The van der Waals surface area contributed by atoms with Gasteiger partial charge in [0.1, 0.15) is 0 Å². The molecule has 2 atom stereocenters. The highest BCUT2D eigenvalue weighted by Gasteiger charge is 2.25. The lowest BCUT2D eigenvalue weighted by Crippen LogP contribution is -2.16. The molecule has 3 nitrogen and oxygen atoms in total. The number of hydrogen-bond acceptors (Lipinski definition) is 3. The van der Waals surface area contributed by atoms with E-state index in [0.29, 0.717) is 24.0 Å². The van der Waals surface area contributed by atoms with Crippen LogP contribution in [0, 0.1) is 17.8 Å². The number of thioether (sulfide) groups is 1. The Kier molecular flexibility index (Phi) is 8.65. The number of ketones is 1. The predicted octanol–water partition coefficient (Wildman–Crippen LogP) is 4.87. The highest BCUT2D eigenvalue weighted by molar-refractivity contribution is 7.99. The van der Waals surface area contributed by atoms with Crippen LogP contribution in [0.15, 0.2) is 24.3 Å². The van der Waals surface area contributed by atoms with Crippen LogP contribution in [0.5, 0.6) is 0 Å². The van der Waals surface area contributed by atoms with E-state index in [2.05, 4.69) is 18.2 Å². The van der Waals surface area contributed by atoms with E-state index in [-0.39, 0.29) is 12.3 Å². The van der Waals surface area contributed by atoms with Crippen LogP contribution >= 0.6 is 11.8 Å². The zero-order valence-corrected chi connectivity index (χ0v) is 15.3. The Morgan fingerprint density at radius 2 is 1.88 bits per heavy atom. The highest BCUT2D eigenvalue weighted by atomic mass is 32.2. The van der Waals surface area contributed by atoms with Crippen molar-refractivity contribution in [2.24, 2.45) is 17.8 Å². The SMILES string of the molecule is O=C(O)CCC/C=C\C[C@H]1CSC[C@@H]1/C=C/C(=O)C1CCCCC1. The van der Waals surface area contributed by atoms with Crippen molar-refractivity contribution in [1.82, 2.24) is 0 Å². The molecule has 0 radical (unpaired) electrons. The number of allylic oxidation sites excluding steroid dienone is 4. The van der Waals surface area contributed by atoms with Gasteiger partial charge in [-0.15, -0.1) is 0 Å². The van der Waals surface area contributed by atoms with E-state index in [1.165, 1.54) is 19.3 Å². The third-order valence-corrected chi connectivity index (χ3v) is 6.41. The Hall–Kier alpha value is -1.03. The van der Waals surface area contributed by atoms with Gasteiger partial charge in [-0.25, -0.2) is 0 Å². The maximum absolute atomic E-state index is 12.3. The summed E-state index contributed by atoms with van der Waals surface area (Å²) >= 11 is 1.98. The molecule has 0 unspecified atom stereocenters. The quantitative estimate of drug-likeness (QED) is 0.366. The number of unbranched alkanes of at least 4 members (excludes halogenated alkanes) is 1. The molecule has 1 saturated carbocycles. The second-order valence-corrected chi connectivity index (χ2v) is 8.13. The smallest absolute Gasteiger partial charge is 0.303 e. The van der Waals surface area contributed by atoms with Gasteiger partial charge in [0.25, 0.3) is 0 Å². The van der Waals surface area contributed by atoms with Crippen LogP contribution in [0.25, 0.3) is 0 Å². The third-order valence-electron chi connectivity index (χ3n) is 5.13. The molecule has 0 amide bonds. The van der Waals surface area contributed by atoms with E-state index in [9.17, 15) is 9.59 Å². The minimum atomic E-state index is -0.719. The molecule has 0 aromatic carbocycles. The van der Waals surface area contributed by atoms with Crippen molar-refractivity contribution in [3.8, 4) is 0 Å². The average molecular weight is 351 g/mol. The molecule has 24 heavy (non-hydrogen) atoms. The molecule has 0 bridgehead atoms. The zero-order valence-electron chi connectivity index (χ0n) is 14.5. The lowest BCUT2D eigenvalue weighted by molar-refractivity contribution is -0.137. The van der Waals surface area contributed by atoms with Crippen LogP contribution in [-0.4, -0.2) is 28.4 Å². The fourth-order valence-electron chi connectivity index (χ4n) is 3.57. The van der Waals surface area contributed by atoms with Crippen LogP contribution in [0.4, 0.5) is 0 Å². The molecule has 1 N–H and O–H groups in total. The van der Waals surface area contributed by atoms with Crippen molar-refractivity contribution < 1.29 is 14.7 Å². The first-order chi connectivity index (χ1) is 11.7. The fourth-order valence-corrected chi connectivity index (χ4v) is 5.05. The summed E-state index contributed by atoms with van der Waals surface area (Å²) in [5, 5.41) is 8.61. The fraction of sp³-hybridized carbons (Fsp3) is 0.700. The molecule has 4 heteroatoms. The minimum Gasteiger partial charge on any atom is -0.481 e. The summed E-state index contributed by atoms with van der Waals surface area (Å²) in [6.07, 6.45) is 17.0. The van der Waals surface area contributed by atoms with Gasteiger partial charge in [0.15, 0.2) is 5.78 Å². The lowest BCUT2D eigenvalue weighted by Gasteiger charge is -2.19. The Morgan fingerprint density at radius 1 is 1.08 bits per heavy atom. The Labute approximate surface area is 150 Å². The number of hydrogen-bond donors (Lipinski definition) is 1. The van der Waals surface area contributed by atoms with Crippen molar-refractivity contribution in [2.75, 3.05) is 11.5 Å². The number of carboxylic acids is 1. The molecule has 1 saturated heterocycles. The minimum absolute atomic E-state index is 0.248. The van der Waals surface area contributed by atoms with Crippen LogP contribution in [0.2, 0.25) is 0 Å². The van der Waals surface area contributed by atoms with Crippen LogP contribution < -0.4 is 0 Å². The summed E-state index contributed by atoms with van der Waals surface area (Å²) in [6.45, 7) is 0. The number of carboxylic acid groups (broad SMARTS) is 1. The Bertz CT molecular complexity index is 464. The molecule has 134 valence electrons. The molecule has 0 aromatic rings. The topological polar surface area (TPSA) is 54.4 Å². The van der Waals surface area contributed by atoms with Crippen molar-refractivity contribution in [1.29, 1.82) is 0 Å². The molecule has 1 aliphatic carbocycles. The molecule has 2 fully saturated rings. The van der Waals surface area contributed by atoms with E-state index in [1.807, 2.05) is 17.8 Å². The summed E-state index contributed by atoms with van der Waals surface area (Å²) in [6, 6.07) is 0. The van der Waals surface area contributed by atoms with Crippen LogP contribution in [0.3, 0.4) is 0 Å². The monoisotopic (exact) mass is 350 g/mol. The van der Waals surface area contributed by atoms with Crippen molar-refractivity contribution in [3.05, 3.63) is 24.3 Å². The molecule has 1 aliphatic heterocycles. The van der Waals surface area contributed by atoms with Gasteiger partial charge in [-0.3, -0.25) is 9.59 Å². The third kappa shape index (κ3) is 6.84. The van der Waals surface area contributed by atoms with E-state index < -0.39 is 5.97 Å². The summed E-state index contributed by atoms with van der Waals surface area (Å²) in [4.78, 5) is 22.8. The first-order valence-electron chi connectivity index (χ1n) is 9.33. The molecule has 2 aliphatic rings. The van der Waals surface area contributed by atoms with Gasteiger partial charge in [0.2, 0.25) is 0 Å². The standard InChI is InChI=1S/C20H30O3S/c21-19(16-8-5-3-6-9-16)13-12-18-15-24-14-17(18)10-4-1-2-7-11-20(22)23/h1,4,12-13,16-18H,2-3,5-11,14-15H2,(H,22,23)/b4-1-,13-12+/t17-,18-/m0/s1. The predicted molar refractivity (Wildman–Crippen MR) is 100 cm³/mol. The Balaban J connectivity index is 1.71. The molecular weight excluding hydrogens is 320 g/mol. The first-order valence-corrected chi connectivity index (χ1v) is 10.5. The van der Waals surface area contributed by atoms with Gasteiger partial charge in [-0.05, 0) is 61.5 Å². The maximum atomic E-state index is 12.3. The molecule has 2 rings (SSSR count). The van der Waals surface area contributed by atoms with E-state index >= 15 is 0 Å². The second kappa shape index (κ2) is 10.8. The van der Waals surface area contributed by atoms with Crippen molar-refractivity contribution in [2.45, 2.75) is 57.8 Å². The summed E-state index contributed by atoms with van der Waals surface area (Å²) < 4.78 is 0. The number of carbonyl (C=O) groups excluding carboxylic acids is 1. The van der Waals surface area contributed by atoms with Gasteiger partial charge in [-0.1, -0.05) is 37.5 Å². The maximum Gasteiger partial charge on any atom is 0.303 e. The number of carbonyl (C=O) groups is 2. The van der Waals surface area contributed by atoms with Crippen molar-refractivity contribution in [3.63, 3.8) is 0 Å². The highest BCUT2D eigenvalue weighted by Crippen LogP contribution is 2.34. The van der Waals surface area contributed by atoms with Crippen LogP contribution in [0.1, 0.15) is 57.8 Å². The van der Waals surface area contributed by atoms with E-state index in [0.717, 1.165) is 37.2 Å². The molecule has 0 aromatic heterocycles. The van der Waals surface area contributed by atoms with Crippen molar-refractivity contribution >= 4 is 23.5 Å². The lowest BCUT2D eigenvalue weighted by atomic mass is 9.85. The summed E-state index contributed by atoms with van der Waals surface area (Å²) in [5.41, 5.74) is 0. The largest absolute Gasteiger partial charge is 0.481 e. The summed E-state index contributed by atoms with van der Waals surface area (Å²) in [5.74, 6) is 3.29. The Morgan fingerprint density at radius 3 is 2.62 bits per heavy atom. The van der Waals surface area contributed by atoms with Gasteiger partial charge in [0, 0.05) is 12.3 Å². The average Bonchev–Trinajstić information content (AvgIpc) is 3.03. The number of aliphatic carboxylic acids is 1. The normalized spacial score (nSPS) is 25.7. The zero-order chi connectivity index (χ0) is 17.2. The van der Waals surface area contributed by atoms with E-state index in [4.69, 9.17) is 5.11 Å².